The number of aromatic nitrogens is 2. The Bertz CT molecular complexity index is 493. The van der Waals surface area contributed by atoms with Gasteiger partial charge in [-0.15, -0.1) is 0 Å². The smallest absolute Gasteiger partial charge is 0.109 e. The van der Waals surface area contributed by atoms with Crippen molar-refractivity contribution in [2.24, 2.45) is 0 Å². The van der Waals surface area contributed by atoms with E-state index < -0.39 is 0 Å². The summed E-state index contributed by atoms with van der Waals surface area (Å²) in [7, 11) is 0. The molecule has 0 bridgehead atoms. The van der Waals surface area contributed by atoms with Crippen LogP contribution >= 0.6 is 15.9 Å². The third-order valence-corrected chi connectivity index (χ3v) is 2.94. The van der Waals surface area contributed by atoms with E-state index in [1.165, 1.54) is 5.56 Å². The summed E-state index contributed by atoms with van der Waals surface area (Å²) < 4.78 is 6.40. The van der Waals surface area contributed by atoms with Gasteiger partial charge in [-0.1, -0.05) is 15.9 Å². The van der Waals surface area contributed by atoms with Crippen molar-refractivity contribution >= 4 is 27.0 Å². The molecule has 4 heteroatoms. The lowest BCUT2D eigenvalue weighted by Gasteiger charge is -1.96. The highest BCUT2D eigenvalue weighted by atomic mass is 79.9. The molecule has 0 aliphatic heterocycles. The molecule has 0 atom stereocenters. The average Bonchev–Trinajstić information content (AvgIpc) is 2.61. The molecule has 1 aromatic heterocycles. The first-order valence-electron chi connectivity index (χ1n) is 5.43. The van der Waals surface area contributed by atoms with Gasteiger partial charge < -0.3 is 9.72 Å². The monoisotopic (exact) mass is 282 g/mol. The van der Waals surface area contributed by atoms with E-state index in [1.54, 1.807) is 0 Å². The SMILES string of the molecule is CCOCCc1nc2c(C)cc(Br)cc2[nH]1. The van der Waals surface area contributed by atoms with Crippen LogP contribution in [0, 0.1) is 6.92 Å². The zero-order valence-electron chi connectivity index (χ0n) is 9.51. The van der Waals surface area contributed by atoms with Crippen molar-refractivity contribution < 1.29 is 4.74 Å². The molecule has 2 aromatic rings. The molecule has 0 saturated heterocycles. The number of hydrogen-bond acceptors (Lipinski definition) is 2. The standard InChI is InChI=1S/C12H15BrN2O/c1-3-16-5-4-11-14-10-7-9(13)6-8(2)12(10)15-11/h6-7H,3-5H2,1-2H3,(H,14,15). The van der Waals surface area contributed by atoms with Gasteiger partial charge in [-0.2, -0.15) is 0 Å². The van der Waals surface area contributed by atoms with Crippen LogP contribution in [0.25, 0.3) is 11.0 Å². The molecule has 2 rings (SSSR count). The third-order valence-electron chi connectivity index (χ3n) is 2.48. The first-order chi connectivity index (χ1) is 7.70. The van der Waals surface area contributed by atoms with Gasteiger partial charge in [-0.3, -0.25) is 0 Å². The van der Waals surface area contributed by atoms with E-state index >= 15 is 0 Å². The number of nitrogens with zero attached hydrogens (tertiary/aromatic N) is 1. The normalized spacial score (nSPS) is 11.2. The number of halogens is 1. The summed E-state index contributed by atoms with van der Waals surface area (Å²) in [5, 5.41) is 0. The van der Waals surface area contributed by atoms with Crippen molar-refractivity contribution in [1.29, 1.82) is 0 Å². The highest BCUT2D eigenvalue weighted by molar-refractivity contribution is 9.10. The van der Waals surface area contributed by atoms with Crippen LogP contribution in [0.1, 0.15) is 18.3 Å². The van der Waals surface area contributed by atoms with Crippen LogP contribution in [0.5, 0.6) is 0 Å². The van der Waals surface area contributed by atoms with Crippen molar-refractivity contribution in [3.05, 3.63) is 28.0 Å². The maximum atomic E-state index is 5.32. The number of H-pyrrole nitrogens is 1. The minimum absolute atomic E-state index is 0.719. The van der Waals surface area contributed by atoms with E-state index in [0.717, 1.165) is 41.0 Å². The van der Waals surface area contributed by atoms with Crippen LogP contribution in [-0.2, 0) is 11.2 Å². The molecule has 1 aromatic carbocycles. The Morgan fingerprint density at radius 1 is 1.44 bits per heavy atom. The Balaban J connectivity index is 2.26. The third kappa shape index (κ3) is 2.44. The molecule has 0 saturated carbocycles. The Morgan fingerprint density at radius 2 is 2.25 bits per heavy atom. The fourth-order valence-electron chi connectivity index (χ4n) is 1.73. The second kappa shape index (κ2) is 4.97. The molecule has 0 fully saturated rings. The lowest BCUT2D eigenvalue weighted by molar-refractivity contribution is 0.149. The van der Waals surface area contributed by atoms with E-state index in [9.17, 15) is 0 Å². The van der Waals surface area contributed by atoms with Gasteiger partial charge >= 0.3 is 0 Å². The molecule has 16 heavy (non-hydrogen) atoms. The van der Waals surface area contributed by atoms with Gasteiger partial charge in [0.25, 0.3) is 0 Å². The minimum Gasteiger partial charge on any atom is -0.381 e. The molecule has 0 radical (unpaired) electrons. The Labute approximate surface area is 103 Å². The van der Waals surface area contributed by atoms with Gasteiger partial charge in [-0.25, -0.2) is 4.98 Å². The molecular formula is C12H15BrN2O. The molecule has 1 N–H and O–H groups in total. The summed E-state index contributed by atoms with van der Waals surface area (Å²) in [6.07, 6.45) is 0.833. The van der Waals surface area contributed by atoms with E-state index in [2.05, 4.69) is 45.0 Å². The minimum atomic E-state index is 0.719. The maximum absolute atomic E-state index is 5.32. The van der Waals surface area contributed by atoms with Gasteiger partial charge in [0.2, 0.25) is 0 Å². The van der Waals surface area contributed by atoms with Crippen molar-refractivity contribution in [3.63, 3.8) is 0 Å². The van der Waals surface area contributed by atoms with Gasteiger partial charge in [0.05, 0.1) is 17.6 Å². The molecule has 1 heterocycles. The second-order valence-corrected chi connectivity index (χ2v) is 4.66. The van der Waals surface area contributed by atoms with Gasteiger partial charge in [0.15, 0.2) is 0 Å². The summed E-state index contributed by atoms with van der Waals surface area (Å²) in [5.41, 5.74) is 3.32. The fourth-order valence-corrected chi connectivity index (χ4v) is 2.30. The Hall–Kier alpha value is -0.870. The van der Waals surface area contributed by atoms with Crippen LogP contribution in [0.3, 0.4) is 0 Å². The topological polar surface area (TPSA) is 37.9 Å². The average molecular weight is 283 g/mol. The summed E-state index contributed by atoms with van der Waals surface area (Å²) in [4.78, 5) is 7.88. The predicted octanol–water partition coefficient (Wildman–Crippen LogP) is 3.21. The number of hydrogen-bond donors (Lipinski definition) is 1. The van der Waals surface area contributed by atoms with E-state index in [1.807, 2.05) is 6.92 Å². The zero-order valence-corrected chi connectivity index (χ0v) is 11.1. The summed E-state index contributed by atoms with van der Waals surface area (Å²) in [6.45, 7) is 5.54. The lowest BCUT2D eigenvalue weighted by atomic mass is 10.2. The Kier molecular flexibility index (Phi) is 3.61. The molecule has 0 amide bonds. The molecule has 0 aliphatic rings. The van der Waals surface area contributed by atoms with Crippen LogP contribution < -0.4 is 0 Å². The van der Waals surface area contributed by atoms with Gasteiger partial charge in [-0.05, 0) is 31.5 Å². The van der Waals surface area contributed by atoms with E-state index in [0.29, 0.717) is 0 Å². The van der Waals surface area contributed by atoms with Crippen LogP contribution in [-0.4, -0.2) is 23.2 Å². The number of aryl methyl sites for hydroxylation is 1. The first-order valence-corrected chi connectivity index (χ1v) is 6.22. The number of imidazole rings is 1. The first kappa shape index (κ1) is 11.6. The van der Waals surface area contributed by atoms with E-state index in [4.69, 9.17) is 4.74 Å². The van der Waals surface area contributed by atoms with Gasteiger partial charge in [0.1, 0.15) is 5.82 Å². The zero-order chi connectivity index (χ0) is 11.5. The number of nitrogens with one attached hydrogen (secondary N) is 1. The lowest BCUT2D eigenvalue weighted by Crippen LogP contribution is -1.99. The maximum Gasteiger partial charge on any atom is 0.109 e. The summed E-state index contributed by atoms with van der Waals surface area (Å²) in [5.74, 6) is 0.990. The Morgan fingerprint density at radius 3 is 3.00 bits per heavy atom. The van der Waals surface area contributed by atoms with E-state index in [-0.39, 0.29) is 0 Å². The van der Waals surface area contributed by atoms with Crippen LogP contribution in [0.4, 0.5) is 0 Å². The molecule has 86 valence electrons. The van der Waals surface area contributed by atoms with Crippen LogP contribution in [0.2, 0.25) is 0 Å². The molecule has 3 nitrogen and oxygen atoms in total. The van der Waals surface area contributed by atoms with Gasteiger partial charge in [0, 0.05) is 17.5 Å². The number of ether oxygens (including phenoxy) is 1. The molecular weight excluding hydrogens is 268 g/mol. The van der Waals surface area contributed by atoms with Crippen molar-refractivity contribution in [2.45, 2.75) is 20.3 Å². The number of aromatic amines is 1. The predicted molar refractivity (Wildman–Crippen MR) is 68.7 cm³/mol. The molecule has 0 aliphatic carbocycles. The number of rotatable bonds is 4. The number of fused-ring (bicyclic) bond motifs is 1. The molecule has 0 spiro atoms. The highest BCUT2D eigenvalue weighted by Gasteiger charge is 2.06. The summed E-state index contributed by atoms with van der Waals surface area (Å²) in [6, 6.07) is 4.13. The quantitative estimate of drug-likeness (QED) is 0.875. The highest BCUT2D eigenvalue weighted by Crippen LogP contribution is 2.22. The van der Waals surface area contributed by atoms with Crippen molar-refractivity contribution in [2.75, 3.05) is 13.2 Å². The fraction of sp³-hybridized carbons (Fsp3) is 0.417. The number of benzene rings is 1. The van der Waals surface area contributed by atoms with Crippen molar-refractivity contribution in [3.8, 4) is 0 Å². The molecule has 0 unspecified atom stereocenters. The van der Waals surface area contributed by atoms with Crippen LogP contribution in [0.15, 0.2) is 16.6 Å². The summed E-state index contributed by atoms with van der Waals surface area (Å²) >= 11 is 3.48. The largest absolute Gasteiger partial charge is 0.381 e. The van der Waals surface area contributed by atoms with Crippen molar-refractivity contribution in [1.82, 2.24) is 9.97 Å². The second-order valence-electron chi connectivity index (χ2n) is 3.75.